The minimum absolute atomic E-state index is 0.449. The standard InChI is InChI=1S/C17H24N2O4/c1-16(2,3)23-15(21)19-12-8-6-5-7-11(12)17(9-10-17)13(18)14(20)22-4/h5-8,13H,9-10,18H2,1-4H3,(H,19,21). The van der Waals surface area contributed by atoms with Crippen LogP contribution in [0.5, 0.6) is 0 Å². The monoisotopic (exact) mass is 320 g/mol. The van der Waals surface area contributed by atoms with Gasteiger partial charge in [0, 0.05) is 11.1 Å². The number of nitrogens with two attached hydrogens (primary N) is 1. The first-order valence-electron chi connectivity index (χ1n) is 7.62. The van der Waals surface area contributed by atoms with Gasteiger partial charge in [-0.05, 0) is 45.2 Å². The molecule has 1 aromatic rings. The Morgan fingerprint density at radius 2 is 1.87 bits per heavy atom. The maximum absolute atomic E-state index is 12.0. The Labute approximate surface area is 136 Å². The number of anilines is 1. The molecule has 0 heterocycles. The third kappa shape index (κ3) is 3.82. The van der Waals surface area contributed by atoms with Crippen molar-refractivity contribution in [2.75, 3.05) is 12.4 Å². The molecule has 2 rings (SSSR count). The van der Waals surface area contributed by atoms with Gasteiger partial charge in [-0.2, -0.15) is 0 Å². The van der Waals surface area contributed by atoms with Crippen LogP contribution in [-0.2, 0) is 19.7 Å². The number of hydrogen-bond donors (Lipinski definition) is 2. The van der Waals surface area contributed by atoms with Crippen molar-refractivity contribution < 1.29 is 19.1 Å². The molecular weight excluding hydrogens is 296 g/mol. The summed E-state index contributed by atoms with van der Waals surface area (Å²) < 4.78 is 10.1. The average molecular weight is 320 g/mol. The van der Waals surface area contributed by atoms with Gasteiger partial charge in [0.2, 0.25) is 0 Å². The van der Waals surface area contributed by atoms with Crippen molar-refractivity contribution in [2.24, 2.45) is 5.73 Å². The molecular formula is C17H24N2O4. The summed E-state index contributed by atoms with van der Waals surface area (Å²) in [5, 5.41) is 2.76. The highest BCUT2D eigenvalue weighted by atomic mass is 16.6. The van der Waals surface area contributed by atoms with Crippen LogP contribution in [0.1, 0.15) is 39.2 Å². The third-order valence-electron chi connectivity index (χ3n) is 3.94. The van der Waals surface area contributed by atoms with Gasteiger partial charge in [-0.3, -0.25) is 10.1 Å². The number of para-hydroxylation sites is 1. The molecule has 1 unspecified atom stereocenters. The third-order valence-corrected chi connectivity index (χ3v) is 3.94. The first-order chi connectivity index (χ1) is 10.7. The molecule has 1 aliphatic rings. The summed E-state index contributed by atoms with van der Waals surface area (Å²) in [4.78, 5) is 23.9. The van der Waals surface area contributed by atoms with E-state index in [4.69, 9.17) is 15.2 Å². The van der Waals surface area contributed by atoms with Crippen molar-refractivity contribution in [3.63, 3.8) is 0 Å². The van der Waals surface area contributed by atoms with Crippen molar-refractivity contribution in [3.8, 4) is 0 Å². The lowest BCUT2D eigenvalue weighted by atomic mass is 9.87. The summed E-state index contributed by atoms with van der Waals surface area (Å²) >= 11 is 0. The quantitative estimate of drug-likeness (QED) is 0.832. The predicted molar refractivity (Wildman–Crippen MR) is 87.2 cm³/mol. The average Bonchev–Trinajstić information content (AvgIpc) is 3.25. The van der Waals surface area contributed by atoms with Gasteiger partial charge in [0.05, 0.1) is 7.11 Å². The van der Waals surface area contributed by atoms with Crippen LogP contribution in [0.3, 0.4) is 0 Å². The van der Waals surface area contributed by atoms with Crippen LogP contribution in [0.4, 0.5) is 10.5 Å². The van der Waals surface area contributed by atoms with Gasteiger partial charge in [0.25, 0.3) is 0 Å². The molecule has 1 aromatic carbocycles. The summed E-state index contributed by atoms with van der Waals surface area (Å²) in [6.45, 7) is 5.40. The van der Waals surface area contributed by atoms with Gasteiger partial charge in [0.15, 0.2) is 0 Å². The van der Waals surface area contributed by atoms with Crippen LogP contribution in [0, 0.1) is 0 Å². The van der Waals surface area contributed by atoms with Crippen LogP contribution >= 0.6 is 0 Å². The molecule has 6 heteroatoms. The molecule has 1 atom stereocenters. The number of hydrogen-bond acceptors (Lipinski definition) is 5. The van der Waals surface area contributed by atoms with Gasteiger partial charge >= 0.3 is 12.1 Å². The van der Waals surface area contributed by atoms with Crippen molar-refractivity contribution in [1.82, 2.24) is 0 Å². The minimum atomic E-state index is -0.755. The molecule has 0 spiro atoms. The number of benzene rings is 1. The number of amides is 1. The van der Waals surface area contributed by atoms with E-state index in [1.54, 1.807) is 26.8 Å². The Morgan fingerprint density at radius 3 is 2.39 bits per heavy atom. The zero-order valence-electron chi connectivity index (χ0n) is 14.0. The van der Waals surface area contributed by atoms with E-state index in [9.17, 15) is 9.59 Å². The van der Waals surface area contributed by atoms with Crippen LogP contribution in [0.2, 0.25) is 0 Å². The Morgan fingerprint density at radius 1 is 1.26 bits per heavy atom. The fraction of sp³-hybridized carbons (Fsp3) is 0.529. The van der Waals surface area contributed by atoms with Gasteiger partial charge in [-0.15, -0.1) is 0 Å². The normalized spacial score (nSPS) is 17.1. The molecule has 0 aromatic heterocycles. The topological polar surface area (TPSA) is 90.6 Å². The van der Waals surface area contributed by atoms with Crippen molar-refractivity contribution in [2.45, 2.75) is 50.7 Å². The Kier molecular flexibility index (Phi) is 4.66. The molecule has 1 amide bonds. The fourth-order valence-corrected chi connectivity index (χ4v) is 2.67. The largest absolute Gasteiger partial charge is 0.468 e. The van der Waals surface area contributed by atoms with E-state index in [0.717, 1.165) is 18.4 Å². The highest BCUT2D eigenvalue weighted by Crippen LogP contribution is 2.52. The second-order valence-corrected chi connectivity index (χ2v) is 6.83. The lowest BCUT2D eigenvalue weighted by molar-refractivity contribution is -0.143. The number of esters is 1. The van der Waals surface area contributed by atoms with Gasteiger partial charge in [-0.25, -0.2) is 4.79 Å². The summed E-state index contributed by atoms with van der Waals surface area (Å²) in [6.07, 6.45) is 1.01. The fourth-order valence-electron chi connectivity index (χ4n) is 2.67. The van der Waals surface area contributed by atoms with Crippen LogP contribution in [-0.4, -0.2) is 30.8 Å². The Hall–Kier alpha value is -2.08. The first kappa shape index (κ1) is 17.3. The SMILES string of the molecule is COC(=O)C(N)C1(c2ccccc2NC(=O)OC(C)(C)C)CC1. The first-order valence-corrected chi connectivity index (χ1v) is 7.62. The van der Waals surface area contributed by atoms with E-state index in [2.05, 4.69) is 5.32 Å². The maximum atomic E-state index is 12.0. The summed E-state index contributed by atoms with van der Waals surface area (Å²) in [5.74, 6) is -0.449. The number of methoxy groups -OCH3 is 1. The summed E-state index contributed by atoms with van der Waals surface area (Å²) in [6, 6.07) is 6.58. The molecule has 1 aliphatic carbocycles. The highest BCUT2D eigenvalue weighted by molar-refractivity contribution is 5.87. The molecule has 0 saturated heterocycles. The minimum Gasteiger partial charge on any atom is -0.468 e. The molecule has 3 N–H and O–H groups in total. The van der Waals surface area contributed by atoms with E-state index >= 15 is 0 Å². The smallest absolute Gasteiger partial charge is 0.412 e. The second-order valence-electron chi connectivity index (χ2n) is 6.83. The van der Waals surface area contributed by atoms with Crippen LogP contribution < -0.4 is 11.1 Å². The van der Waals surface area contributed by atoms with E-state index < -0.39 is 29.1 Å². The zero-order valence-corrected chi connectivity index (χ0v) is 14.0. The van der Waals surface area contributed by atoms with Crippen molar-refractivity contribution in [3.05, 3.63) is 29.8 Å². The van der Waals surface area contributed by atoms with Crippen molar-refractivity contribution in [1.29, 1.82) is 0 Å². The lowest BCUT2D eigenvalue weighted by Gasteiger charge is -2.25. The molecule has 1 fully saturated rings. The molecule has 1 saturated carbocycles. The molecule has 0 aliphatic heterocycles. The number of carbonyl (C=O) groups excluding carboxylic acids is 2. The highest BCUT2D eigenvalue weighted by Gasteiger charge is 2.53. The van der Waals surface area contributed by atoms with Gasteiger partial charge in [-0.1, -0.05) is 18.2 Å². The van der Waals surface area contributed by atoms with E-state index in [1.165, 1.54) is 7.11 Å². The maximum Gasteiger partial charge on any atom is 0.412 e. The Balaban J connectivity index is 2.25. The van der Waals surface area contributed by atoms with E-state index in [0.29, 0.717) is 5.69 Å². The molecule has 0 bridgehead atoms. The van der Waals surface area contributed by atoms with E-state index in [1.807, 2.05) is 18.2 Å². The van der Waals surface area contributed by atoms with Gasteiger partial charge in [0.1, 0.15) is 11.6 Å². The number of rotatable bonds is 4. The molecule has 0 radical (unpaired) electrons. The van der Waals surface area contributed by atoms with Crippen LogP contribution in [0.15, 0.2) is 24.3 Å². The van der Waals surface area contributed by atoms with Crippen LogP contribution in [0.25, 0.3) is 0 Å². The predicted octanol–water partition coefficient (Wildman–Crippen LogP) is 2.57. The Bertz CT molecular complexity index is 603. The lowest BCUT2D eigenvalue weighted by Crippen LogP contribution is -2.43. The summed E-state index contributed by atoms with van der Waals surface area (Å²) in [5.41, 5.74) is 6.46. The van der Waals surface area contributed by atoms with Gasteiger partial charge < -0.3 is 15.2 Å². The number of ether oxygens (including phenoxy) is 2. The number of nitrogens with one attached hydrogen (secondary N) is 1. The number of carbonyl (C=O) groups is 2. The van der Waals surface area contributed by atoms with E-state index in [-0.39, 0.29) is 0 Å². The molecule has 23 heavy (non-hydrogen) atoms. The second kappa shape index (κ2) is 6.20. The molecule has 126 valence electrons. The zero-order chi connectivity index (χ0) is 17.3. The van der Waals surface area contributed by atoms with Crippen molar-refractivity contribution >= 4 is 17.7 Å². The summed E-state index contributed by atoms with van der Waals surface area (Å²) in [7, 11) is 1.32. The molecule has 6 nitrogen and oxygen atoms in total.